The van der Waals surface area contributed by atoms with Crippen LogP contribution in [0.3, 0.4) is 0 Å². The molecule has 1 saturated carbocycles. The Labute approximate surface area is 225 Å². The maximum Gasteiger partial charge on any atom is 0.333 e. The largest absolute Gasteiger partial charge is 0.497 e. The highest BCUT2D eigenvalue weighted by atomic mass is 32.2. The predicted octanol–water partition coefficient (Wildman–Crippen LogP) is 5.25. The normalized spacial score (nSPS) is 19.9. The second kappa shape index (κ2) is 11.3. The summed E-state index contributed by atoms with van der Waals surface area (Å²) < 4.78 is 48.0. The molecule has 9 heteroatoms. The number of nitrogens with zero attached hydrogens (tertiary/aromatic N) is 1. The van der Waals surface area contributed by atoms with Gasteiger partial charge in [-0.1, -0.05) is 25.3 Å². The Morgan fingerprint density at radius 1 is 0.816 bits per heavy atom. The lowest BCUT2D eigenvalue weighted by Gasteiger charge is -2.33. The molecule has 38 heavy (non-hydrogen) atoms. The van der Waals surface area contributed by atoms with E-state index in [9.17, 15) is 8.42 Å². The highest BCUT2D eigenvalue weighted by Crippen LogP contribution is 2.44. The average molecular weight is 543 g/mol. The Bertz CT molecular complexity index is 1420. The summed E-state index contributed by atoms with van der Waals surface area (Å²) in [6, 6.07) is 11.4. The van der Waals surface area contributed by atoms with Crippen LogP contribution in [0.5, 0.6) is 17.2 Å². The first kappa shape index (κ1) is 27.0. The van der Waals surface area contributed by atoms with Crippen LogP contribution in [0.25, 0.3) is 21.5 Å². The number of benzene rings is 3. The van der Waals surface area contributed by atoms with Gasteiger partial charge in [0.1, 0.15) is 5.75 Å². The van der Waals surface area contributed by atoms with Gasteiger partial charge in [-0.2, -0.15) is 13.1 Å². The summed E-state index contributed by atoms with van der Waals surface area (Å²) in [6.45, 7) is 2.23. The van der Waals surface area contributed by atoms with Gasteiger partial charge in [0.05, 0.1) is 21.3 Å². The lowest BCUT2D eigenvalue weighted by molar-refractivity contribution is 0.229. The van der Waals surface area contributed by atoms with E-state index >= 15 is 0 Å². The molecule has 0 radical (unpaired) electrons. The molecule has 1 atom stereocenters. The third kappa shape index (κ3) is 5.57. The summed E-state index contributed by atoms with van der Waals surface area (Å²) in [5.41, 5.74) is 2.94. The molecule has 1 saturated heterocycles. The fourth-order valence-electron chi connectivity index (χ4n) is 6.43. The summed E-state index contributed by atoms with van der Waals surface area (Å²) in [5, 5.41) is 5.05. The van der Waals surface area contributed by atoms with Crippen LogP contribution in [0.15, 0.2) is 30.3 Å². The van der Waals surface area contributed by atoms with Crippen LogP contribution in [-0.2, 0) is 23.3 Å². The van der Waals surface area contributed by atoms with E-state index in [1.165, 1.54) is 58.5 Å². The zero-order valence-electron chi connectivity index (χ0n) is 22.5. The number of methoxy groups -OCH3 is 3. The van der Waals surface area contributed by atoms with Crippen molar-refractivity contribution in [2.75, 3.05) is 27.9 Å². The van der Waals surface area contributed by atoms with Crippen molar-refractivity contribution >= 4 is 31.8 Å². The summed E-state index contributed by atoms with van der Waals surface area (Å²) in [5.74, 6) is 2.44. The third-order valence-electron chi connectivity index (χ3n) is 8.28. The van der Waals surface area contributed by atoms with Gasteiger partial charge in [0.25, 0.3) is 0 Å². The first-order chi connectivity index (χ1) is 18.3. The van der Waals surface area contributed by atoms with Crippen molar-refractivity contribution in [2.45, 2.75) is 70.0 Å². The fraction of sp³-hybridized carbons (Fsp3) is 0.517. The van der Waals surface area contributed by atoms with Crippen molar-refractivity contribution in [1.82, 2.24) is 9.62 Å². The highest BCUT2D eigenvalue weighted by Gasteiger charge is 2.32. The molecular formula is C29H38N2O6S. The minimum atomic E-state index is -3.97. The number of nitrogens with one attached hydrogen (secondary N) is 1. The molecule has 6 rings (SSSR count). The van der Waals surface area contributed by atoms with Crippen LogP contribution in [-0.4, -0.2) is 57.8 Å². The molecule has 8 nitrogen and oxygen atoms in total. The Morgan fingerprint density at radius 2 is 1.50 bits per heavy atom. The Kier molecular flexibility index (Phi) is 8.00. The molecule has 3 aliphatic rings. The minimum Gasteiger partial charge on any atom is -0.497 e. The van der Waals surface area contributed by atoms with Crippen molar-refractivity contribution in [1.29, 1.82) is 0 Å². The highest BCUT2D eigenvalue weighted by molar-refractivity contribution is 7.83. The molecule has 0 bridgehead atoms. The number of hydrogen-bond acceptors (Lipinski definition) is 6. The van der Waals surface area contributed by atoms with Crippen molar-refractivity contribution < 1.29 is 27.2 Å². The lowest BCUT2D eigenvalue weighted by atomic mass is 9.85. The molecule has 0 spiro atoms. The number of hydrogen-bond donors (Lipinski definition) is 2. The molecule has 2 N–H and O–H groups in total. The van der Waals surface area contributed by atoms with E-state index in [4.69, 9.17) is 18.8 Å². The standard InChI is InChI=1S/C23H25NO3.C6H13NO3S/c1-25-15-6-7-16-17-9-14-5-4-8-24(14)13-21(17)20-12-23(27-3)22(26-2)11-19(20)18(16)10-15;8-11(9,10)7-6-4-2-1-3-5-6/h6-7,10-12,14H,4-5,8-9,13H2,1-3H3;6-7H,1-5H2,(H,8,9,10)/t14-;/m0./s1. The second-order valence-electron chi connectivity index (χ2n) is 10.5. The molecule has 0 amide bonds. The third-order valence-corrected chi connectivity index (χ3v) is 8.91. The van der Waals surface area contributed by atoms with Gasteiger partial charge in [0.15, 0.2) is 11.5 Å². The lowest BCUT2D eigenvalue weighted by Crippen LogP contribution is -2.35. The first-order valence-electron chi connectivity index (χ1n) is 13.5. The topological polar surface area (TPSA) is 97.3 Å². The van der Waals surface area contributed by atoms with Crippen LogP contribution < -0.4 is 18.9 Å². The molecule has 0 unspecified atom stereocenters. The van der Waals surface area contributed by atoms with Crippen LogP contribution in [0.4, 0.5) is 0 Å². The minimum absolute atomic E-state index is 0.0428. The Morgan fingerprint density at radius 3 is 2.16 bits per heavy atom. The van der Waals surface area contributed by atoms with Gasteiger partial charge in [0, 0.05) is 18.6 Å². The van der Waals surface area contributed by atoms with Crippen molar-refractivity contribution in [3.8, 4) is 17.2 Å². The molecule has 206 valence electrons. The molecule has 2 heterocycles. The van der Waals surface area contributed by atoms with Gasteiger partial charge >= 0.3 is 10.3 Å². The predicted molar refractivity (Wildman–Crippen MR) is 150 cm³/mol. The average Bonchev–Trinajstić information content (AvgIpc) is 3.38. The maximum atomic E-state index is 10.3. The molecule has 3 aromatic rings. The first-order valence-corrected chi connectivity index (χ1v) is 14.9. The van der Waals surface area contributed by atoms with Gasteiger partial charge in [0.2, 0.25) is 0 Å². The van der Waals surface area contributed by atoms with Crippen molar-refractivity contribution in [3.05, 3.63) is 41.5 Å². The summed E-state index contributed by atoms with van der Waals surface area (Å²) >= 11 is 0. The van der Waals surface area contributed by atoms with E-state index in [0.717, 1.165) is 55.9 Å². The van der Waals surface area contributed by atoms with Gasteiger partial charge in [-0.05, 0) is 95.6 Å². The molecule has 1 aliphatic carbocycles. The maximum absolute atomic E-state index is 10.3. The zero-order chi connectivity index (χ0) is 26.9. The molecule has 2 aliphatic heterocycles. The van der Waals surface area contributed by atoms with Crippen LogP contribution >= 0.6 is 0 Å². The molecule has 2 fully saturated rings. The van der Waals surface area contributed by atoms with Crippen LogP contribution in [0, 0.1) is 0 Å². The quantitative estimate of drug-likeness (QED) is 0.336. The van der Waals surface area contributed by atoms with Gasteiger partial charge in [-0.25, -0.2) is 0 Å². The molecular weight excluding hydrogens is 504 g/mol. The van der Waals surface area contributed by atoms with Gasteiger partial charge < -0.3 is 14.2 Å². The number of ether oxygens (including phenoxy) is 3. The fourth-order valence-corrected chi connectivity index (χ4v) is 7.09. The van der Waals surface area contributed by atoms with E-state index < -0.39 is 10.3 Å². The van der Waals surface area contributed by atoms with Crippen molar-refractivity contribution in [3.63, 3.8) is 0 Å². The molecule has 0 aromatic heterocycles. The van der Waals surface area contributed by atoms with Gasteiger partial charge in [-0.15, -0.1) is 0 Å². The second-order valence-corrected chi connectivity index (χ2v) is 11.7. The van der Waals surface area contributed by atoms with Crippen molar-refractivity contribution in [2.24, 2.45) is 0 Å². The van der Waals surface area contributed by atoms with E-state index in [1.54, 1.807) is 21.3 Å². The molecule has 3 aromatic carbocycles. The van der Waals surface area contributed by atoms with E-state index in [1.807, 2.05) is 0 Å². The SMILES string of the molecule is COc1ccc2c3c(c4cc(OC)c(OC)cc4c2c1)CN1CCC[C@H]1C3.O=S(=O)(O)NC1CCCCC1. The summed E-state index contributed by atoms with van der Waals surface area (Å²) in [7, 11) is 1.15. The van der Waals surface area contributed by atoms with Gasteiger partial charge in [-0.3, -0.25) is 9.45 Å². The number of fused-ring (bicyclic) bond motifs is 7. The smallest absolute Gasteiger partial charge is 0.333 e. The monoisotopic (exact) mass is 542 g/mol. The summed E-state index contributed by atoms with van der Waals surface area (Å²) in [4.78, 5) is 2.65. The summed E-state index contributed by atoms with van der Waals surface area (Å²) in [6.07, 6.45) is 8.70. The Balaban J connectivity index is 0.000000226. The van der Waals surface area contributed by atoms with E-state index in [2.05, 4.69) is 40.0 Å². The Hall–Kier alpha value is -2.59. The zero-order valence-corrected chi connectivity index (χ0v) is 23.3. The van der Waals surface area contributed by atoms with Crippen LogP contribution in [0.1, 0.15) is 56.1 Å². The van der Waals surface area contributed by atoms with Crippen LogP contribution in [0.2, 0.25) is 0 Å². The van der Waals surface area contributed by atoms with E-state index in [-0.39, 0.29) is 6.04 Å². The number of rotatable bonds is 5. The van der Waals surface area contributed by atoms with E-state index in [0.29, 0.717) is 6.04 Å².